The maximum atomic E-state index is 12.8. The molecule has 9 heavy (non-hydrogen) atoms. The maximum Gasteiger partial charge on any atom is 0.520 e. The Bertz CT molecular complexity index is 91.0. The third kappa shape index (κ3) is 1.43. The van der Waals surface area contributed by atoms with Gasteiger partial charge >= 0.3 is 7.26 Å². The van der Waals surface area contributed by atoms with Gasteiger partial charge in [-0.15, -0.1) is 0 Å². The van der Waals surface area contributed by atoms with Gasteiger partial charge in [-0.1, -0.05) is 0 Å². The van der Waals surface area contributed by atoms with E-state index in [9.17, 15) is 4.32 Å². The molecule has 1 rings (SSSR count). The van der Waals surface area contributed by atoms with E-state index in [1.165, 1.54) is 0 Å². The second-order valence-electron chi connectivity index (χ2n) is 2.63. The molecule has 0 aliphatic carbocycles. The summed E-state index contributed by atoms with van der Waals surface area (Å²) in [6.07, 6.45) is 1.08. The van der Waals surface area contributed by atoms with Gasteiger partial charge in [0.2, 0.25) is 0 Å². The van der Waals surface area contributed by atoms with Crippen LogP contribution in [0.25, 0.3) is 0 Å². The molecule has 0 aromatic heterocycles. The van der Waals surface area contributed by atoms with E-state index in [1.54, 1.807) is 23.7 Å². The Morgan fingerprint density at radius 2 is 1.67 bits per heavy atom. The zero-order chi connectivity index (χ0) is 6.85. The van der Waals surface area contributed by atoms with E-state index in [2.05, 4.69) is 0 Å². The highest BCUT2D eigenvalue weighted by Gasteiger charge is 2.29. The van der Waals surface area contributed by atoms with Gasteiger partial charge in [0.1, 0.15) is 0 Å². The third-order valence-corrected chi connectivity index (χ3v) is 1.75. The van der Waals surface area contributed by atoms with Crippen LogP contribution in [-0.4, -0.2) is 44.1 Å². The van der Waals surface area contributed by atoms with Crippen LogP contribution >= 0.6 is 0 Å². The molecular weight excluding hydrogens is 118 g/mol. The molecule has 1 heterocycles. The molecule has 0 N–H and O–H groups in total. The SMILES string of the molecule is CN1CCCN(C)B1F. The quantitative estimate of drug-likeness (QED) is 0.432. The Morgan fingerprint density at radius 1 is 1.22 bits per heavy atom. The summed E-state index contributed by atoms with van der Waals surface area (Å²) in [7, 11) is 2.75. The fourth-order valence-electron chi connectivity index (χ4n) is 1.12. The summed E-state index contributed by atoms with van der Waals surface area (Å²) in [6.45, 7) is 1.76. The second kappa shape index (κ2) is 2.67. The Morgan fingerprint density at radius 3 is 2.00 bits per heavy atom. The predicted molar refractivity (Wildman–Crippen MR) is 36.7 cm³/mol. The zero-order valence-electron chi connectivity index (χ0n) is 5.97. The molecule has 4 heteroatoms. The molecular formula is C5H12BFN2. The minimum atomic E-state index is -0.862. The van der Waals surface area contributed by atoms with Crippen molar-refractivity contribution >= 4 is 7.26 Å². The molecule has 0 radical (unpaired) electrons. The lowest BCUT2D eigenvalue weighted by Gasteiger charge is -2.30. The van der Waals surface area contributed by atoms with Crippen molar-refractivity contribution in [1.29, 1.82) is 0 Å². The molecule has 0 bridgehead atoms. The first kappa shape index (κ1) is 7.03. The monoisotopic (exact) mass is 130 g/mol. The molecule has 2 nitrogen and oxygen atoms in total. The lowest BCUT2D eigenvalue weighted by atomic mass is 9.95. The molecule has 0 aromatic carbocycles. The van der Waals surface area contributed by atoms with E-state index in [0.29, 0.717) is 0 Å². The van der Waals surface area contributed by atoms with Crippen LogP contribution in [0, 0.1) is 0 Å². The first-order valence-corrected chi connectivity index (χ1v) is 3.26. The summed E-state index contributed by atoms with van der Waals surface area (Å²) in [5.74, 6) is 0. The van der Waals surface area contributed by atoms with E-state index < -0.39 is 7.26 Å². The van der Waals surface area contributed by atoms with Crippen LogP contribution in [0.1, 0.15) is 6.42 Å². The number of nitrogens with zero attached hydrogens (tertiary/aromatic N) is 2. The van der Waals surface area contributed by atoms with E-state index in [1.807, 2.05) is 0 Å². The van der Waals surface area contributed by atoms with Crippen molar-refractivity contribution in [3.8, 4) is 0 Å². The van der Waals surface area contributed by atoms with Crippen molar-refractivity contribution in [2.75, 3.05) is 27.2 Å². The Kier molecular flexibility index (Phi) is 2.08. The van der Waals surface area contributed by atoms with E-state index >= 15 is 0 Å². The van der Waals surface area contributed by atoms with Crippen LogP contribution < -0.4 is 0 Å². The van der Waals surface area contributed by atoms with Crippen LogP contribution in [0.3, 0.4) is 0 Å². The van der Waals surface area contributed by atoms with Crippen LogP contribution in [0.2, 0.25) is 0 Å². The van der Waals surface area contributed by atoms with E-state index in [4.69, 9.17) is 0 Å². The molecule has 0 spiro atoms. The molecule has 0 unspecified atom stereocenters. The van der Waals surface area contributed by atoms with Gasteiger partial charge in [-0.25, -0.2) is 0 Å². The molecule has 0 saturated carbocycles. The highest BCUT2D eigenvalue weighted by molar-refractivity contribution is 6.44. The van der Waals surface area contributed by atoms with Gasteiger partial charge in [0, 0.05) is 0 Å². The Balaban J connectivity index is 2.41. The van der Waals surface area contributed by atoms with Crippen molar-refractivity contribution in [3.05, 3.63) is 0 Å². The van der Waals surface area contributed by atoms with Gasteiger partial charge in [0.05, 0.1) is 0 Å². The van der Waals surface area contributed by atoms with Crippen LogP contribution in [0.15, 0.2) is 0 Å². The first-order valence-electron chi connectivity index (χ1n) is 3.26. The fourth-order valence-corrected chi connectivity index (χ4v) is 1.12. The average Bonchev–Trinajstić information content (AvgIpc) is 1.83. The molecule has 1 aliphatic heterocycles. The normalized spacial score (nSPS) is 25.0. The van der Waals surface area contributed by atoms with Crippen molar-refractivity contribution < 1.29 is 4.32 Å². The summed E-state index contributed by atoms with van der Waals surface area (Å²) in [5.41, 5.74) is 0. The summed E-state index contributed by atoms with van der Waals surface area (Å²) < 4.78 is 12.8. The van der Waals surface area contributed by atoms with Crippen molar-refractivity contribution in [2.45, 2.75) is 6.42 Å². The second-order valence-corrected chi connectivity index (χ2v) is 2.63. The van der Waals surface area contributed by atoms with Gasteiger partial charge in [-0.05, 0) is 33.6 Å². The largest absolute Gasteiger partial charge is 0.520 e. The minimum Gasteiger partial charge on any atom is -0.301 e. The van der Waals surface area contributed by atoms with Crippen molar-refractivity contribution in [2.24, 2.45) is 0 Å². The van der Waals surface area contributed by atoms with Gasteiger partial charge in [0.15, 0.2) is 0 Å². The average molecular weight is 130 g/mol. The molecule has 1 fully saturated rings. The van der Waals surface area contributed by atoms with Gasteiger partial charge in [-0.3, -0.25) is 4.32 Å². The summed E-state index contributed by atoms with van der Waals surface area (Å²) in [4.78, 5) is 3.42. The Labute approximate surface area is 55.8 Å². The summed E-state index contributed by atoms with van der Waals surface area (Å²) in [6, 6.07) is 0. The third-order valence-electron chi connectivity index (χ3n) is 1.75. The Hall–Kier alpha value is -0.0851. The number of halogens is 1. The topological polar surface area (TPSA) is 6.48 Å². The van der Waals surface area contributed by atoms with Crippen LogP contribution in [-0.2, 0) is 0 Å². The maximum absolute atomic E-state index is 12.8. The number of rotatable bonds is 0. The number of hydrogen-bond donors (Lipinski definition) is 0. The first-order chi connectivity index (χ1) is 4.22. The molecule has 52 valence electrons. The van der Waals surface area contributed by atoms with Crippen LogP contribution in [0.5, 0.6) is 0 Å². The summed E-state index contributed by atoms with van der Waals surface area (Å²) >= 11 is 0. The van der Waals surface area contributed by atoms with Crippen molar-refractivity contribution in [1.82, 2.24) is 9.62 Å². The highest BCUT2D eigenvalue weighted by atomic mass is 19.1. The van der Waals surface area contributed by atoms with Crippen molar-refractivity contribution in [3.63, 3.8) is 0 Å². The predicted octanol–water partition coefficient (Wildman–Crippen LogP) is 0.208. The zero-order valence-corrected chi connectivity index (χ0v) is 5.97. The molecule has 0 aromatic rings. The standard InChI is InChI=1S/C5H12BFN2/c1-8-4-3-5-9(2)6(8)7/h3-5H2,1-2H3. The number of hydrogen-bond acceptors (Lipinski definition) is 2. The highest BCUT2D eigenvalue weighted by Crippen LogP contribution is 2.06. The minimum absolute atomic E-state index is 0.862. The summed E-state index contributed by atoms with van der Waals surface area (Å²) in [5, 5.41) is 0. The van der Waals surface area contributed by atoms with Gasteiger partial charge in [0.25, 0.3) is 0 Å². The van der Waals surface area contributed by atoms with Gasteiger partial charge < -0.3 is 9.62 Å². The van der Waals surface area contributed by atoms with E-state index in [0.717, 1.165) is 19.5 Å². The fraction of sp³-hybridized carbons (Fsp3) is 1.00. The van der Waals surface area contributed by atoms with Gasteiger partial charge in [-0.2, -0.15) is 0 Å². The molecule has 1 aliphatic rings. The molecule has 0 amide bonds. The lowest BCUT2D eigenvalue weighted by molar-refractivity contribution is 0.306. The smallest absolute Gasteiger partial charge is 0.301 e. The van der Waals surface area contributed by atoms with Crippen LogP contribution in [0.4, 0.5) is 4.32 Å². The molecule has 0 atom stereocenters. The van der Waals surface area contributed by atoms with E-state index in [-0.39, 0.29) is 0 Å². The lowest BCUT2D eigenvalue weighted by Crippen LogP contribution is -2.51. The molecule has 1 saturated heterocycles.